The van der Waals surface area contributed by atoms with Gasteiger partial charge in [0.05, 0.1) is 6.20 Å². The average Bonchev–Trinajstić information content (AvgIpc) is 3.20. The van der Waals surface area contributed by atoms with Crippen molar-refractivity contribution >= 4 is 33.9 Å². The lowest BCUT2D eigenvalue weighted by Crippen LogP contribution is -2.46. The number of nitrogens with zero attached hydrogens (tertiary/aromatic N) is 4. The van der Waals surface area contributed by atoms with Crippen molar-refractivity contribution in [3.63, 3.8) is 0 Å². The van der Waals surface area contributed by atoms with E-state index in [0.717, 1.165) is 42.8 Å². The maximum Gasteiger partial charge on any atom is 0.267 e. The lowest BCUT2D eigenvalue weighted by atomic mass is 10.3. The largest absolute Gasteiger partial charge is 0.353 e. The Labute approximate surface area is 156 Å². The minimum atomic E-state index is -0.118. The molecule has 0 aliphatic carbocycles. The molecule has 7 heteroatoms. The number of benzene rings is 1. The van der Waals surface area contributed by atoms with E-state index in [4.69, 9.17) is 0 Å². The normalized spacial score (nSPS) is 14.3. The molecule has 1 N–H and O–H groups in total. The molecule has 1 saturated heterocycles. The molecule has 1 aliphatic rings. The third-order valence-corrected chi connectivity index (χ3v) is 5.33. The topological polar surface area (TPSA) is 61.4 Å². The van der Waals surface area contributed by atoms with Crippen LogP contribution in [0.1, 0.15) is 9.67 Å². The van der Waals surface area contributed by atoms with E-state index in [1.54, 1.807) is 6.20 Å². The molecule has 0 saturated carbocycles. The Hall–Kier alpha value is -2.93. The second-order valence-corrected chi connectivity index (χ2v) is 7.00. The minimum Gasteiger partial charge on any atom is -0.353 e. The van der Waals surface area contributed by atoms with E-state index in [0.29, 0.717) is 4.88 Å². The van der Waals surface area contributed by atoms with E-state index in [9.17, 15) is 4.79 Å². The number of carbonyl (C=O) groups excluding carboxylic acids is 1. The quantitative estimate of drug-likeness (QED) is 0.770. The summed E-state index contributed by atoms with van der Waals surface area (Å²) in [5, 5.41) is 3.79. The Morgan fingerprint density at radius 2 is 1.65 bits per heavy atom. The number of para-hydroxylation sites is 1. The maximum atomic E-state index is 12.4. The smallest absolute Gasteiger partial charge is 0.267 e. The number of carbonyl (C=O) groups is 1. The van der Waals surface area contributed by atoms with E-state index in [1.165, 1.54) is 11.3 Å². The van der Waals surface area contributed by atoms with Gasteiger partial charge < -0.3 is 15.1 Å². The molecule has 132 valence electrons. The second kappa shape index (κ2) is 7.53. The van der Waals surface area contributed by atoms with Crippen LogP contribution in [0.3, 0.4) is 0 Å². The second-order valence-electron chi connectivity index (χ2n) is 5.99. The van der Waals surface area contributed by atoms with Crippen LogP contribution >= 0.6 is 11.3 Å². The van der Waals surface area contributed by atoms with Gasteiger partial charge in [-0.25, -0.2) is 9.97 Å². The molecule has 4 rings (SSSR count). The highest BCUT2D eigenvalue weighted by atomic mass is 32.1. The summed E-state index contributed by atoms with van der Waals surface area (Å²) in [6.07, 6.45) is 3.48. The molecule has 1 aromatic carbocycles. The third kappa shape index (κ3) is 3.67. The van der Waals surface area contributed by atoms with Crippen molar-refractivity contribution in [1.82, 2.24) is 9.97 Å². The van der Waals surface area contributed by atoms with Crippen LogP contribution in [0.15, 0.2) is 60.9 Å². The van der Waals surface area contributed by atoms with Crippen LogP contribution in [0.4, 0.5) is 16.6 Å². The van der Waals surface area contributed by atoms with Gasteiger partial charge in [-0.3, -0.25) is 4.79 Å². The van der Waals surface area contributed by atoms with Gasteiger partial charge in [0.15, 0.2) is 5.13 Å². The van der Waals surface area contributed by atoms with Crippen molar-refractivity contribution in [1.29, 1.82) is 0 Å². The molecule has 0 bridgehead atoms. The molecule has 2 aromatic heterocycles. The van der Waals surface area contributed by atoms with Crippen LogP contribution in [-0.2, 0) is 0 Å². The summed E-state index contributed by atoms with van der Waals surface area (Å²) in [7, 11) is 0. The van der Waals surface area contributed by atoms with Crippen molar-refractivity contribution in [3.8, 4) is 0 Å². The predicted molar refractivity (Wildman–Crippen MR) is 105 cm³/mol. The zero-order chi connectivity index (χ0) is 17.8. The number of nitrogens with one attached hydrogen (secondary N) is 1. The lowest BCUT2D eigenvalue weighted by Gasteiger charge is -2.35. The number of aromatic nitrogens is 2. The number of amides is 1. The number of thiazole rings is 1. The first-order valence-corrected chi connectivity index (χ1v) is 9.34. The first kappa shape index (κ1) is 16.5. The van der Waals surface area contributed by atoms with Crippen molar-refractivity contribution in [2.24, 2.45) is 0 Å². The summed E-state index contributed by atoms with van der Waals surface area (Å²) < 4.78 is 0. The number of hydrogen-bond donors (Lipinski definition) is 1. The van der Waals surface area contributed by atoms with Crippen molar-refractivity contribution in [3.05, 3.63) is 65.8 Å². The number of rotatable bonds is 4. The van der Waals surface area contributed by atoms with E-state index in [-0.39, 0.29) is 5.91 Å². The minimum absolute atomic E-state index is 0.118. The summed E-state index contributed by atoms with van der Waals surface area (Å²) in [5.41, 5.74) is 0.788. The van der Waals surface area contributed by atoms with E-state index >= 15 is 0 Å². The van der Waals surface area contributed by atoms with E-state index in [1.807, 2.05) is 54.7 Å². The predicted octanol–water partition coefficient (Wildman–Crippen LogP) is 3.12. The molecule has 1 amide bonds. The maximum absolute atomic E-state index is 12.4. The zero-order valence-corrected chi connectivity index (χ0v) is 15.0. The Morgan fingerprint density at radius 3 is 2.38 bits per heavy atom. The SMILES string of the molecule is O=C(Nc1ccccc1)c1cnc(N2CCN(c3ccccn3)CC2)s1. The molecule has 26 heavy (non-hydrogen) atoms. The first-order valence-electron chi connectivity index (χ1n) is 8.53. The molecule has 0 radical (unpaired) electrons. The van der Waals surface area contributed by atoms with Gasteiger partial charge in [-0.15, -0.1) is 0 Å². The van der Waals surface area contributed by atoms with Crippen LogP contribution in [-0.4, -0.2) is 42.1 Å². The standard InChI is InChI=1S/C19H19N5OS/c25-18(22-15-6-2-1-3-7-15)16-14-21-19(26-16)24-12-10-23(11-13-24)17-8-4-5-9-20-17/h1-9,14H,10-13H2,(H,22,25). The Morgan fingerprint density at radius 1 is 0.923 bits per heavy atom. The Balaban J connectivity index is 1.37. The highest BCUT2D eigenvalue weighted by molar-refractivity contribution is 7.17. The number of pyridine rings is 1. The van der Waals surface area contributed by atoms with Crippen molar-refractivity contribution < 1.29 is 4.79 Å². The average molecular weight is 365 g/mol. The molecular formula is C19H19N5OS. The van der Waals surface area contributed by atoms with Crippen molar-refractivity contribution in [2.75, 3.05) is 41.3 Å². The van der Waals surface area contributed by atoms with Crippen LogP contribution in [0.2, 0.25) is 0 Å². The van der Waals surface area contributed by atoms with Gasteiger partial charge in [-0.05, 0) is 24.3 Å². The fraction of sp³-hybridized carbons (Fsp3) is 0.211. The van der Waals surface area contributed by atoms with Gasteiger partial charge in [0.1, 0.15) is 10.7 Å². The number of hydrogen-bond acceptors (Lipinski definition) is 6. The zero-order valence-electron chi connectivity index (χ0n) is 14.2. The lowest BCUT2D eigenvalue weighted by molar-refractivity contribution is 0.103. The van der Waals surface area contributed by atoms with Gasteiger partial charge in [0.25, 0.3) is 5.91 Å². The molecule has 0 unspecified atom stereocenters. The fourth-order valence-electron chi connectivity index (χ4n) is 2.90. The van der Waals surface area contributed by atoms with Crippen molar-refractivity contribution in [2.45, 2.75) is 0 Å². The van der Waals surface area contributed by atoms with Crippen LogP contribution in [0.25, 0.3) is 0 Å². The summed E-state index contributed by atoms with van der Waals surface area (Å²) in [5.74, 6) is 0.890. The fourth-order valence-corrected chi connectivity index (χ4v) is 3.76. The summed E-state index contributed by atoms with van der Waals surface area (Å²) in [6, 6.07) is 15.4. The first-order chi connectivity index (χ1) is 12.8. The van der Waals surface area contributed by atoms with Crippen LogP contribution in [0.5, 0.6) is 0 Å². The summed E-state index contributed by atoms with van der Waals surface area (Å²) in [4.78, 5) is 26.3. The van der Waals surface area contributed by atoms with Crippen LogP contribution < -0.4 is 15.1 Å². The molecule has 1 fully saturated rings. The van der Waals surface area contributed by atoms with E-state index < -0.39 is 0 Å². The number of piperazine rings is 1. The Kier molecular flexibility index (Phi) is 4.79. The Bertz CT molecular complexity index is 860. The van der Waals surface area contributed by atoms with Gasteiger partial charge in [-0.1, -0.05) is 35.6 Å². The highest BCUT2D eigenvalue weighted by Crippen LogP contribution is 2.25. The molecular weight excluding hydrogens is 346 g/mol. The molecule has 1 aliphatic heterocycles. The van der Waals surface area contributed by atoms with Gasteiger partial charge in [0.2, 0.25) is 0 Å². The summed E-state index contributed by atoms with van der Waals surface area (Å²) >= 11 is 1.43. The van der Waals surface area contributed by atoms with Gasteiger partial charge in [0, 0.05) is 38.1 Å². The third-order valence-electron chi connectivity index (χ3n) is 4.27. The van der Waals surface area contributed by atoms with Gasteiger partial charge in [-0.2, -0.15) is 0 Å². The van der Waals surface area contributed by atoms with Gasteiger partial charge >= 0.3 is 0 Å². The molecule has 0 atom stereocenters. The monoisotopic (exact) mass is 365 g/mol. The molecule has 0 spiro atoms. The highest BCUT2D eigenvalue weighted by Gasteiger charge is 2.21. The molecule has 3 aromatic rings. The number of anilines is 3. The summed E-state index contributed by atoms with van der Waals surface area (Å²) in [6.45, 7) is 3.51. The van der Waals surface area contributed by atoms with E-state index in [2.05, 4.69) is 25.1 Å². The van der Waals surface area contributed by atoms with Crippen LogP contribution in [0, 0.1) is 0 Å². The molecule has 3 heterocycles. The molecule has 6 nitrogen and oxygen atoms in total.